The lowest BCUT2D eigenvalue weighted by Crippen LogP contribution is -2.41. The Morgan fingerprint density at radius 1 is 1.00 bits per heavy atom. The van der Waals surface area contributed by atoms with Crippen molar-refractivity contribution in [1.29, 1.82) is 0 Å². The minimum Gasteiger partial charge on any atom is -0.478 e. The van der Waals surface area contributed by atoms with Gasteiger partial charge in [0.2, 0.25) is 6.29 Å². The van der Waals surface area contributed by atoms with Crippen molar-refractivity contribution >= 4 is 11.9 Å². The highest BCUT2D eigenvalue weighted by Gasteiger charge is 2.31. The van der Waals surface area contributed by atoms with Gasteiger partial charge in [-0.15, -0.1) is 0 Å². The summed E-state index contributed by atoms with van der Waals surface area (Å²) in [5.41, 5.74) is 0.119. The van der Waals surface area contributed by atoms with Gasteiger partial charge >= 0.3 is 11.9 Å². The third kappa shape index (κ3) is 9.67. The number of esters is 1. The van der Waals surface area contributed by atoms with E-state index in [0.717, 1.165) is 25.7 Å². The number of hydrogen-bond acceptors (Lipinski definition) is 7. The Bertz CT molecular complexity index is 650. The van der Waals surface area contributed by atoms with Gasteiger partial charge in [-0.1, -0.05) is 32.8 Å². The largest absolute Gasteiger partial charge is 0.478 e. The van der Waals surface area contributed by atoms with Crippen LogP contribution in [0.3, 0.4) is 0 Å². The normalized spacial score (nSPS) is 13.6. The zero-order valence-electron chi connectivity index (χ0n) is 18.5. The molecule has 8 heteroatoms. The number of hydrogen-bond donors (Lipinski definition) is 1. The SMILES string of the molecule is CCCCOC(C)(OCCCC)OC(C)OC(C)OC(=O)c1cccc(C(=O)O)c1. The fraction of sp³-hybridized carbons (Fsp3) is 0.636. The second-order valence-electron chi connectivity index (χ2n) is 6.95. The Morgan fingerprint density at radius 2 is 1.57 bits per heavy atom. The lowest BCUT2D eigenvalue weighted by atomic mass is 10.1. The van der Waals surface area contributed by atoms with Crippen LogP contribution in [0.15, 0.2) is 24.3 Å². The van der Waals surface area contributed by atoms with Gasteiger partial charge < -0.3 is 24.1 Å². The van der Waals surface area contributed by atoms with Gasteiger partial charge in [-0.05, 0) is 44.9 Å². The van der Waals surface area contributed by atoms with Crippen molar-refractivity contribution in [3.63, 3.8) is 0 Å². The average Bonchev–Trinajstić information content (AvgIpc) is 2.68. The lowest BCUT2D eigenvalue weighted by molar-refractivity contribution is -0.415. The topological polar surface area (TPSA) is 101 Å². The Kier molecular flexibility index (Phi) is 11.6. The molecule has 0 fully saturated rings. The molecule has 0 bridgehead atoms. The summed E-state index contributed by atoms with van der Waals surface area (Å²) in [7, 11) is 0. The summed E-state index contributed by atoms with van der Waals surface area (Å²) in [5.74, 6) is -3.09. The highest BCUT2D eigenvalue weighted by Crippen LogP contribution is 2.20. The smallest absolute Gasteiger partial charge is 0.340 e. The van der Waals surface area contributed by atoms with Crippen LogP contribution in [0.2, 0.25) is 0 Å². The number of rotatable bonds is 15. The molecule has 1 aromatic rings. The van der Waals surface area contributed by atoms with Crippen molar-refractivity contribution in [2.45, 2.75) is 78.9 Å². The molecule has 170 valence electrons. The van der Waals surface area contributed by atoms with Crippen LogP contribution in [-0.2, 0) is 23.7 Å². The molecule has 1 N–H and O–H groups in total. The fourth-order valence-corrected chi connectivity index (χ4v) is 2.54. The highest BCUT2D eigenvalue weighted by molar-refractivity contribution is 5.94. The molecule has 0 heterocycles. The number of carboxylic acid groups (broad SMARTS) is 1. The summed E-state index contributed by atoms with van der Waals surface area (Å²) in [6.07, 6.45) is 1.98. The van der Waals surface area contributed by atoms with Gasteiger partial charge in [-0.3, -0.25) is 4.74 Å². The summed E-state index contributed by atoms with van der Waals surface area (Å²) in [6, 6.07) is 5.59. The molecule has 2 unspecified atom stereocenters. The maximum Gasteiger partial charge on any atom is 0.340 e. The molecule has 0 amide bonds. The van der Waals surface area contributed by atoms with E-state index in [-0.39, 0.29) is 11.1 Å². The molecule has 0 aliphatic carbocycles. The molecular formula is C22H34O8. The van der Waals surface area contributed by atoms with Crippen molar-refractivity contribution < 1.29 is 38.4 Å². The number of carbonyl (C=O) groups excluding carboxylic acids is 1. The minimum absolute atomic E-state index is 0.000976. The number of aromatic carboxylic acids is 1. The predicted molar refractivity (Wildman–Crippen MR) is 110 cm³/mol. The predicted octanol–water partition coefficient (Wildman–Crippen LogP) is 4.57. The molecule has 0 spiro atoms. The van der Waals surface area contributed by atoms with Crippen molar-refractivity contribution in [1.82, 2.24) is 0 Å². The summed E-state index contributed by atoms with van der Waals surface area (Å²) in [4.78, 5) is 23.3. The van der Waals surface area contributed by atoms with Gasteiger partial charge in [-0.2, -0.15) is 0 Å². The van der Waals surface area contributed by atoms with Crippen LogP contribution in [0.4, 0.5) is 0 Å². The summed E-state index contributed by atoms with van der Waals surface area (Å²) >= 11 is 0. The van der Waals surface area contributed by atoms with Crippen LogP contribution in [0.1, 0.15) is 81.0 Å². The van der Waals surface area contributed by atoms with E-state index in [2.05, 4.69) is 13.8 Å². The standard InChI is InChI=1S/C22H34O8/c1-6-8-13-26-22(5,27-14-9-7-2)30-17(4)28-16(3)29-21(25)19-12-10-11-18(15-19)20(23)24/h10-12,15-17H,6-9,13-14H2,1-5H3,(H,23,24). The first kappa shape index (κ1) is 26.0. The summed E-state index contributed by atoms with van der Waals surface area (Å²) in [6.45, 7) is 9.98. The Balaban J connectivity index is 2.62. The van der Waals surface area contributed by atoms with Crippen LogP contribution in [0.25, 0.3) is 0 Å². The minimum atomic E-state index is -1.27. The van der Waals surface area contributed by atoms with E-state index in [4.69, 9.17) is 28.8 Å². The molecule has 1 aromatic carbocycles. The number of benzene rings is 1. The fourth-order valence-electron chi connectivity index (χ4n) is 2.54. The van der Waals surface area contributed by atoms with Crippen molar-refractivity contribution in [2.24, 2.45) is 0 Å². The van der Waals surface area contributed by atoms with E-state index < -0.39 is 30.5 Å². The van der Waals surface area contributed by atoms with Gasteiger partial charge in [0.25, 0.3) is 5.97 Å². The average molecular weight is 427 g/mol. The maximum atomic E-state index is 12.3. The monoisotopic (exact) mass is 426 g/mol. The zero-order valence-corrected chi connectivity index (χ0v) is 18.5. The molecule has 30 heavy (non-hydrogen) atoms. The first-order chi connectivity index (χ1) is 14.2. The van der Waals surface area contributed by atoms with E-state index >= 15 is 0 Å². The number of carbonyl (C=O) groups is 2. The van der Waals surface area contributed by atoms with E-state index in [1.165, 1.54) is 24.3 Å². The molecule has 0 saturated carbocycles. The molecular weight excluding hydrogens is 392 g/mol. The van der Waals surface area contributed by atoms with E-state index in [0.29, 0.717) is 13.2 Å². The first-order valence-electron chi connectivity index (χ1n) is 10.4. The van der Waals surface area contributed by atoms with Crippen molar-refractivity contribution in [2.75, 3.05) is 13.2 Å². The van der Waals surface area contributed by atoms with E-state index in [9.17, 15) is 9.59 Å². The van der Waals surface area contributed by atoms with Gasteiger partial charge in [0, 0.05) is 6.92 Å². The molecule has 0 saturated heterocycles. The summed E-state index contributed by atoms with van der Waals surface area (Å²) in [5, 5.41) is 9.04. The van der Waals surface area contributed by atoms with Crippen LogP contribution in [0, 0.1) is 0 Å². The third-order valence-electron chi connectivity index (χ3n) is 4.11. The van der Waals surface area contributed by atoms with Gasteiger partial charge in [0.15, 0.2) is 6.29 Å². The van der Waals surface area contributed by atoms with Crippen LogP contribution in [-0.4, -0.2) is 48.8 Å². The Morgan fingerprint density at radius 3 is 2.10 bits per heavy atom. The second-order valence-corrected chi connectivity index (χ2v) is 6.95. The third-order valence-corrected chi connectivity index (χ3v) is 4.11. The van der Waals surface area contributed by atoms with E-state index in [1.807, 2.05) is 0 Å². The van der Waals surface area contributed by atoms with Gasteiger partial charge in [-0.25, -0.2) is 9.59 Å². The molecule has 0 aliphatic rings. The molecule has 0 aliphatic heterocycles. The molecule has 0 radical (unpaired) electrons. The molecule has 0 aromatic heterocycles. The van der Waals surface area contributed by atoms with Crippen molar-refractivity contribution in [3.8, 4) is 0 Å². The second kappa shape index (κ2) is 13.3. The number of unbranched alkanes of at least 4 members (excludes halogenated alkanes) is 2. The first-order valence-corrected chi connectivity index (χ1v) is 10.4. The van der Waals surface area contributed by atoms with Gasteiger partial charge in [0.05, 0.1) is 24.3 Å². The highest BCUT2D eigenvalue weighted by atomic mass is 16.9. The van der Waals surface area contributed by atoms with Crippen molar-refractivity contribution in [3.05, 3.63) is 35.4 Å². The lowest BCUT2D eigenvalue weighted by Gasteiger charge is -2.33. The molecule has 1 rings (SSSR count). The summed E-state index contributed by atoms with van der Waals surface area (Å²) < 4.78 is 28.2. The Labute approximate surface area is 178 Å². The van der Waals surface area contributed by atoms with Crippen LogP contribution >= 0.6 is 0 Å². The maximum absolute atomic E-state index is 12.3. The van der Waals surface area contributed by atoms with Crippen LogP contribution in [0.5, 0.6) is 0 Å². The number of carboxylic acids is 1. The van der Waals surface area contributed by atoms with E-state index in [1.54, 1.807) is 20.8 Å². The van der Waals surface area contributed by atoms with Crippen LogP contribution < -0.4 is 0 Å². The Hall–Kier alpha value is -2.00. The zero-order chi connectivity index (χ0) is 22.6. The number of ether oxygens (including phenoxy) is 5. The molecule has 8 nitrogen and oxygen atoms in total. The quantitative estimate of drug-likeness (QED) is 0.247. The molecule has 2 atom stereocenters. The van der Waals surface area contributed by atoms with Gasteiger partial charge in [0.1, 0.15) is 0 Å².